The zero-order valence-electron chi connectivity index (χ0n) is 19.0. The van der Waals surface area contributed by atoms with E-state index in [1.54, 1.807) is 42.5 Å². The molecule has 3 aromatic rings. The number of fused-ring (bicyclic) bond motifs is 2. The average Bonchev–Trinajstić information content (AvgIpc) is 3.58. The summed E-state index contributed by atoms with van der Waals surface area (Å²) in [7, 11) is 0. The number of hydrogen-bond donors (Lipinski definition) is 0. The molecule has 0 N–H and O–H groups in total. The van der Waals surface area contributed by atoms with Crippen LogP contribution in [0.15, 0.2) is 53.7 Å². The van der Waals surface area contributed by atoms with Crippen molar-refractivity contribution in [3.05, 3.63) is 70.8 Å². The Morgan fingerprint density at radius 2 is 1.97 bits per heavy atom. The molecule has 0 saturated heterocycles. The third-order valence-electron chi connectivity index (χ3n) is 7.25. The molecule has 4 unspecified atom stereocenters. The molecule has 2 aliphatic rings. The maximum absolute atomic E-state index is 14.1. The molecule has 2 bridgehead atoms. The molecule has 2 aliphatic carbocycles. The fourth-order valence-electron chi connectivity index (χ4n) is 5.54. The molecule has 34 heavy (non-hydrogen) atoms. The first-order valence-corrected chi connectivity index (χ1v) is 13.1. The monoisotopic (exact) mass is 499 g/mol. The predicted molar refractivity (Wildman–Crippen MR) is 131 cm³/mol. The number of halogens is 2. The number of benzene rings is 2. The number of carbonyl (C=O) groups is 1. The number of ether oxygens (including phenoxy) is 1. The first-order valence-electron chi connectivity index (χ1n) is 11.7. The summed E-state index contributed by atoms with van der Waals surface area (Å²) in [5, 5.41) is 10.1. The Morgan fingerprint density at radius 1 is 1.18 bits per heavy atom. The summed E-state index contributed by atoms with van der Waals surface area (Å²) < 4.78 is 22.0. The number of nitrogens with zero attached hydrogens (tertiary/aromatic N) is 3. The standard InChI is InChI=1S/C26H27ClFN3O2S/c1-16(21-13-17-6-7-19(21)12-17)31-25(14-33-24-5-3-2-4-22(24)28)29-30-26(31)34-15-23(32)18-8-10-20(27)11-9-18/h2-5,8-11,16-17,19,21H,6-7,12-15H2,1H3. The molecule has 4 atom stereocenters. The van der Waals surface area contributed by atoms with Crippen molar-refractivity contribution in [3.63, 3.8) is 0 Å². The van der Waals surface area contributed by atoms with Gasteiger partial charge in [-0.2, -0.15) is 0 Å². The Hall–Kier alpha value is -2.38. The molecule has 5 rings (SSSR count). The summed E-state index contributed by atoms with van der Waals surface area (Å²) in [5.74, 6) is 2.78. The molecule has 178 valence electrons. The lowest BCUT2D eigenvalue weighted by Gasteiger charge is -2.30. The second kappa shape index (κ2) is 10.1. The molecule has 2 saturated carbocycles. The van der Waals surface area contributed by atoms with Gasteiger partial charge in [0.15, 0.2) is 28.3 Å². The molecule has 0 radical (unpaired) electrons. The number of aromatic nitrogens is 3. The van der Waals surface area contributed by atoms with Gasteiger partial charge in [-0.3, -0.25) is 9.36 Å². The van der Waals surface area contributed by atoms with Crippen LogP contribution in [0.1, 0.15) is 54.8 Å². The SMILES string of the molecule is CC(C1CC2CCC1C2)n1c(COc2ccccc2F)nnc1SCC(=O)c1ccc(Cl)cc1. The van der Waals surface area contributed by atoms with Crippen molar-refractivity contribution in [1.29, 1.82) is 0 Å². The molecule has 0 amide bonds. The molecule has 5 nitrogen and oxygen atoms in total. The predicted octanol–water partition coefficient (Wildman–Crippen LogP) is 6.62. The quantitative estimate of drug-likeness (QED) is 0.244. The van der Waals surface area contributed by atoms with Crippen molar-refractivity contribution in [2.45, 2.75) is 50.4 Å². The van der Waals surface area contributed by atoms with Gasteiger partial charge < -0.3 is 4.74 Å². The van der Waals surface area contributed by atoms with Gasteiger partial charge in [-0.1, -0.05) is 41.9 Å². The topological polar surface area (TPSA) is 57.0 Å². The van der Waals surface area contributed by atoms with E-state index in [0.717, 1.165) is 11.8 Å². The largest absolute Gasteiger partial charge is 0.483 e. The number of carbonyl (C=O) groups excluding carboxylic acids is 1. The van der Waals surface area contributed by atoms with E-state index in [4.69, 9.17) is 16.3 Å². The second-order valence-corrected chi connectivity index (χ2v) is 10.7. The Morgan fingerprint density at radius 3 is 2.68 bits per heavy atom. The van der Waals surface area contributed by atoms with Gasteiger partial charge in [-0.05, 0) is 80.3 Å². The highest BCUT2D eigenvalue weighted by Crippen LogP contribution is 2.52. The lowest BCUT2D eigenvalue weighted by Crippen LogP contribution is -2.24. The number of rotatable bonds is 9. The molecule has 1 heterocycles. The Bertz CT molecular complexity index is 1170. The molecule has 0 aliphatic heterocycles. The third kappa shape index (κ3) is 4.86. The van der Waals surface area contributed by atoms with Crippen molar-refractivity contribution < 1.29 is 13.9 Å². The van der Waals surface area contributed by atoms with E-state index in [1.165, 1.54) is 43.5 Å². The van der Waals surface area contributed by atoms with Crippen LogP contribution in [0.4, 0.5) is 4.39 Å². The van der Waals surface area contributed by atoms with Crippen LogP contribution in [0.25, 0.3) is 0 Å². The van der Waals surface area contributed by atoms with Crippen LogP contribution in [0, 0.1) is 23.6 Å². The van der Waals surface area contributed by atoms with E-state index in [2.05, 4.69) is 21.7 Å². The van der Waals surface area contributed by atoms with E-state index >= 15 is 0 Å². The number of thioether (sulfide) groups is 1. The van der Waals surface area contributed by atoms with Crippen LogP contribution in [0.5, 0.6) is 5.75 Å². The van der Waals surface area contributed by atoms with Gasteiger partial charge in [0, 0.05) is 16.6 Å². The first-order chi connectivity index (χ1) is 16.5. The average molecular weight is 500 g/mol. The molecule has 1 aromatic heterocycles. The molecule has 8 heteroatoms. The summed E-state index contributed by atoms with van der Waals surface area (Å²) in [4.78, 5) is 12.7. The summed E-state index contributed by atoms with van der Waals surface area (Å²) in [6.07, 6.45) is 5.12. The molecule has 2 fully saturated rings. The third-order valence-corrected chi connectivity index (χ3v) is 8.44. The van der Waals surface area contributed by atoms with Gasteiger partial charge in [0.05, 0.1) is 5.75 Å². The maximum atomic E-state index is 14.1. The highest BCUT2D eigenvalue weighted by atomic mass is 35.5. The van der Waals surface area contributed by atoms with Crippen molar-refractivity contribution in [1.82, 2.24) is 14.8 Å². The number of para-hydroxylation sites is 1. The van der Waals surface area contributed by atoms with Crippen LogP contribution in [-0.4, -0.2) is 26.3 Å². The fourth-order valence-corrected chi connectivity index (χ4v) is 6.60. The fraction of sp³-hybridized carbons (Fsp3) is 0.423. The number of hydrogen-bond acceptors (Lipinski definition) is 5. The molecular weight excluding hydrogens is 473 g/mol. The van der Waals surface area contributed by atoms with Crippen molar-refractivity contribution >= 4 is 29.1 Å². The van der Waals surface area contributed by atoms with Gasteiger partial charge in [-0.25, -0.2) is 4.39 Å². The highest BCUT2D eigenvalue weighted by Gasteiger charge is 2.43. The zero-order valence-corrected chi connectivity index (χ0v) is 20.6. The first kappa shape index (κ1) is 23.4. The summed E-state index contributed by atoms with van der Waals surface area (Å²) in [5.41, 5.74) is 0.618. The maximum Gasteiger partial charge on any atom is 0.192 e. The van der Waals surface area contributed by atoms with Crippen LogP contribution >= 0.6 is 23.4 Å². The number of ketones is 1. The summed E-state index contributed by atoms with van der Waals surface area (Å²) >= 11 is 7.33. The van der Waals surface area contributed by atoms with Gasteiger partial charge in [0.2, 0.25) is 0 Å². The highest BCUT2D eigenvalue weighted by molar-refractivity contribution is 7.99. The molecule has 0 spiro atoms. The zero-order chi connectivity index (χ0) is 23.7. The van der Waals surface area contributed by atoms with Crippen molar-refractivity contribution in [3.8, 4) is 5.75 Å². The van der Waals surface area contributed by atoms with Crippen LogP contribution in [0.3, 0.4) is 0 Å². The van der Waals surface area contributed by atoms with E-state index in [0.29, 0.717) is 27.5 Å². The lowest BCUT2D eigenvalue weighted by molar-refractivity contribution is 0.102. The van der Waals surface area contributed by atoms with Crippen molar-refractivity contribution in [2.75, 3.05) is 5.75 Å². The minimum atomic E-state index is -0.405. The van der Waals surface area contributed by atoms with E-state index in [9.17, 15) is 9.18 Å². The normalized spacial score (nSPS) is 22.1. The Kier molecular flexibility index (Phi) is 6.93. The van der Waals surface area contributed by atoms with Gasteiger partial charge in [0.25, 0.3) is 0 Å². The van der Waals surface area contributed by atoms with E-state index in [-0.39, 0.29) is 29.9 Å². The minimum Gasteiger partial charge on any atom is -0.483 e. The number of Topliss-reactive ketones (excluding diaryl/α,β-unsaturated/α-hetero) is 1. The van der Waals surface area contributed by atoms with E-state index in [1.807, 2.05) is 0 Å². The minimum absolute atomic E-state index is 0.00736. The Balaban J connectivity index is 1.36. The van der Waals surface area contributed by atoms with Crippen LogP contribution in [-0.2, 0) is 6.61 Å². The van der Waals surface area contributed by atoms with Crippen LogP contribution < -0.4 is 4.74 Å². The molecule has 2 aromatic carbocycles. The van der Waals surface area contributed by atoms with Gasteiger partial charge >= 0.3 is 0 Å². The summed E-state index contributed by atoms with van der Waals surface area (Å²) in [6.45, 7) is 2.33. The summed E-state index contributed by atoms with van der Waals surface area (Å²) in [6, 6.07) is 13.5. The van der Waals surface area contributed by atoms with Gasteiger partial charge in [0.1, 0.15) is 6.61 Å². The second-order valence-electron chi connectivity index (χ2n) is 9.29. The van der Waals surface area contributed by atoms with E-state index < -0.39 is 5.82 Å². The molecular formula is C26H27ClFN3O2S. The van der Waals surface area contributed by atoms with Gasteiger partial charge in [-0.15, -0.1) is 10.2 Å². The van der Waals surface area contributed by atoms with Crippen LogP contribution in [0.2, 0.25) is 5.02 Å². The lowest BCUT2D eigenvalue weighted by atomic mass is 9.84. The smallest absolute Gasteiger partial charge is 0.192 e. The Labute approximate surface area is 208 Å². The van der Waals surface area contributed by atoms with Crippen molar-refractivity contribution in [2.24, 2.45) is 17.8 Å².